The molecule has 0 bridgehead atoms. The van der Waals surface area contributed by atoms with Gasteiger partial charge >= 0.3 is 0 Å². The summed E-state index contributed by atoms with van der Waals surface area (Å²) < 4.78 is 10.3. The molecule has 3 rings (SSSR count). The Hall–Kier alpha value is -1.39. The second kappa shape index (κ2) is 3.88. The van der Waals surface area contributed by atoms with Crippen molar-refractivity contribution in [3.8, 4) is 11.4 Å². The fraction of sp³-hybridized carbons (Fsp3) is 0.273. The van der Waals surface area contributed by atoms with E-state index in [0.29, 0.717) is 24.2 Å². The summed E-state index contributed by atoms with van der Waals surface area (Å²) in [6, 6.07) is 1.82. The van der Waals surface area contributed by atoms with Gasteiger partial charge in [-0.05, 0) is 6.07 Å². The Labute approximate surface area is 97.2 Å². The average molecular weight is 237 g/mol. The summed E-state index contributed by atoms with van der Waals surface area (Å²) in [5.74, 6) is 0.611. The number of aromatic nitrogens is 2. The van der Waals surface area contributed by atoms with Crippen LogP contribution in [-0.4, -0.2) is 16.6 Å². The molecule has 0 saturated carbocycles. The van der Waals surface area contributed by atoms with Crippen LogP contribution in [0.15, 0.2) is 23.0 Å². The van der Waals surface area contributed by atoms with Crippen LogP contribution in [0.2, 0.25) is 5.15 Å². The lowest BCUT2D eigenvalue weighted by molar-refractivity contribution is 0.109. The molecule has 5 heteroatoms. The molecule has 16 heavy (non-hydrogen) atoms. The van der Waals surface area contributed by atoms with Crippen molar-refractivity contribution in [2.24, 2.45) is 0 Å². The van der Waals surface area contributed by atoms with Crippen LogP contribution in [0.5, 0.6) is 0 Å². The molecule has 0 radical (unpaired) electrons. The Morgan fingerprint density at radius 1 is 1.31 bits per heavy atom. The van der Waals surface area contributed by atoms with Crippen molar-refractivity contribution in [3.05, 3.63) is 35.0 Å². The van der Waals surface area contributed by atoms with E-state index in [1.165, 1.54) is 0 Å². The second-order valence-corrected chi connectivity index (χ2v) is 3.94. The number of fused-ring (bicyclic) bond motifs is 1. The number of hydrogen-bond donors (Lipinski definition) is 0. The summed E-state index contributed by atoms with van der Waals surface area (Å²) in [5, 5.41) is 0.473. The van der Waals surface area contributed by atoms with E-state index in [-0.39, 0.29) is 0 Å². The molecule has 2 aromatic rings. The number of halogens is 1. The van der Waals surface area contributed by atoms with E-state index < -0.39 is 0 Å². The number of rotatable bonds is 1. The Morgan fingerprint density at radius 2 is 2.25 bits per heavy atom. The molecule has 0 unspecified atom stereocenters. The van der Waals surface area contributed by atoms with Crippen molar-refractivity contribution in [2.45, 2.75) is 13.0 Å². The third-order valence-electron chi connectivity index (χ3n) is 2.55. The molecule has 0 aliphatic carbocycles. The van der Waals surface area contributed by atoms with Gasteiger partial charge in [0.15, 0.2) is 5.82 Å². The first-order valence-electron chi connectivity index (χ1n) is 5.00. The molecule has 4 nitrogen and oxygen atoms in total. The van der Waals surface area contributed by atoms with Crippen LogP contribution < -0.4 is 0 Å². The van der Waals surface area contributed by atoms with Crippen LogP contribution in [0.25, 0.3) is 11.4 Å². The zero-order valence-electron chi connectivity index (χ0n) is 8.44. The quantitative estimate of drug-likeness (QED) is 0.714. The minimum atomic E-state index is 0.473. The highest BCUT2D eigenvalue weighted by atomic mass is 35.5. The third kappa shape index (κ3) is 1.60. The number of ether oxygens (including phenoxy) is 1. The largest absolute Gasteiger partial charge is 0.472 e. The summed E-state index contributed by atoms with van der Waals surface area (Å²) in [4.78, 5) is 8.72. The van der Waals surface area contributed by atoms with Crippen molar-refractivity contribution in [2.75, 3.05) is 6.61 Å². The van der Waals surface area contributed by atoms with Crippen LogP contribution >= 0.6 is 11.6 Å². The standard InChI is InChI=1S/C11H9ClN2O2/c12-10-8-6-16-4-2-9(8)13-11(14-10)7-1-3-15-5-7/h1,3,5H,2,4,6H2. The lowest BCUT2D eigenvalue weighted by Gasteiger charge is -2.16. The summed E-state index contributed by atoms with van der Waals surface area (Å²) in [6.07, 6.45) is 3.98. The highest BCUT2D eigenvalue weighted by molar-refractivity contribution is 6.30. The predicted molar refractivity (Wildman–Crippen MR) is 58.1 cm³/mol. The van der Waals surface area contributed by atoms with Gasteiger partial charge in [-0.1, -0.05) is 11.6 Å². The monoisotopic (exact) mass is 236 g/mol. The maximum absolute atomic E-state index is 6.10. The van der Waals surface area contributed by atoms with Gasteiger partial charge in [-0.2, -0.15) is 0 Å². The molecular formula is C11H9ClN2O2. The highest BCUT2D eigenvalue weighted by Gasteiger charge is 2.17. The third-order valence-corrected chi connectivity index (χ3v) is 2.86. The van der Waals surface area contributed by atoms with Gasteiger partial charge < -0.3 is 9.15 Å². The van der Waals surface area contributed by atoms with Gasteiger partial charge in [-0.15, -0.1) is 0 Å². The minimum Gasteiger partial charge on any atom is -0.472 e. The molecule has 0 N–H and O–H groups in total. The smallest absolute Gasteiger partial charge is 0.164 e. The summed E-state index contributed by atoms with van der Waals surface area (Å²) in [7, 11) is 0. The van der Waals surface area contributed by atoms with Crippen LogP contribution in [0.4, 0.5) is 0 Å². The zero-order valence-corrected chi connectivity index (χ0v) is 9.20. The lowest BCUT2D eigenvalue weighted by atomic mass is 10.1. The van der Waals surface area contributed by atoms with Crippen molar-refractivity contribution in [1.29, 1.82) is 0 Å². The molecule has 1 aliphatic rings. The van der Waals surface area contributed by atoms with Gasteiger partial charge in [-0.3, -0.25) is 0 Å². The predicted octanol–water partition coefficient (Wildman–Crippen LogP) is 2.46. The van der Waals surface area contributed by atoms with Crippen LogP contribution in [0.3, 0.4) is 0 Å². The van der Waals surface area contributed by atoms with Crippen molar-refractivity contribution >= 4 is 11.6 Å². The van der Waals surface area contributed by atoms with Gasteiger partial charge in [0.2, 0.25) is 0 Å². The number of furan rings is 1. The first kappa shape index (κ1) is 9.81. The zero-order chi connectivity index (χ0) is 11.0. The normalized spacial score (nSPS) is 14.8. The molecule has 0 fully saturated rings. The Bertz CT molecular complexity index is 511. The van der Waals surface area contributed by atoms with E-state index in [1.54, 1.807) is 12.5 Å². The fourth-order valence-electron chi connectivity index (χ4n) is 1.71. The minimum absolute atomic E-state index is 0.473. The Kier molecular flexibility index (Phi) is 2.38. The lowest BCUT2D eigenvalue weighted by Crippen LogP contribution is -2.14. The van der Waals surface area contributed by atoms with Crippen molar-refractivity contribution in [3.63, 3.8) is 0 Å². The Morgan fingerprint density at radius 3 is 3.06 bits per heavy atom. The first-order chi connectivity index (χ1) is 7.84. The topological polar surface area (TPSA) is 48.2 Å². The van der Waals surface area contributed by atoms with E-state index in [9.17, 15) is 0 Å². The van der Waals surface area contributed by atoms with E-state index in [0.717, 1.165) is 23.2 Å². The first-order valence-corrected chi connectivity index (χ1v) is 5.38. The molecule has 2 aromatic heterocycles. The molecule has 1 aliphatic heterocycles. The molecule has 82 valence electrons. The van der Waals surface area contributed by atoms with E-state index in [1.807, 2.05) is 6.07 Å². The van der Waals surface area contributed by atoms with Crippen LogP contribution in [-0.2, 0) is 17.8 Å². The van der Waals surface area contributed by atoms with Crippen LogP contribution in [0, 0.1) is 0 Å². The second-order valence-electron chi connectivity index (χ2n) is 3.58. The molecule has 0 atom stereocenters. The number of nitrogens with zero attached hydrogens (tertiary/aromatic N) is 2. The Balaban J connectivity index is 2.12. The summed E-state index contributed by atoms with van der Waals surface area (Å²) in [5.41, 5.74) is 2.72. The van der Waals surface area contributed by atoms with Gasteiger partial charge in [0, 0.05) is 12.0 Å². The van der Waals surface area contributed by atoms with E-state index in [4.69, 9.17) is 20.8 Å². The van der Waals surface area contributed by atoms with Gasteiger partial charge in [-0.25, -0.2) is 9.97 Å². The molecule has 0 saturated heterocycles. The molecule has 0 aromatic carbocycles. The SMILES string of the molecule is Clc1nc(-c2ccoc2)nc2c1COCC2. The van der Waals surface area contributed by atoms with E-state index in [2.05, 4.69) is 9.97 Å². The van der Waals surface area contributed by atoms with E-state index >= 15 is 0 Å². The molecule has 3 heterocycles. The van der Waals surface area contributed by atoms with Gasteiger partial charge in [0.25, 0.3) is 0 Å². The number of hydrogen-bond acceptors (Lipinski definition) is 4. The summed E-state index contributed by atoms with van der Waals surface area (Å²) in [6.45, 7) is 1.19. The van der Waals surface area contributed by atoms with Crippen LogP contribution in [0.1, 0.15) is 11.3 Å². The molecule has 0 spiro atoms. The average Bonchev–Trinajstić information content (AvgIpc) is 2.82. The highest BCUT2D eigenvalue weighted by Crippen LogP contribution is 2.25. The summed E-state index contributed by atoms with van der Waals surface area (Å²) >= 11 is 6.10. The molecule has 0 amide bonds. The van der Waals surface area contributed by atoms with Crippen molar-refractivity contribution in [1.82, 2.24) is 9.97 Å². The van der Waals surface area contributed by atoms with Crippen molar-refractivity contribution < 1.29 is 9.15 Å². The van der Waals surface area contributed by atoms with Gasteiger partial charge in [0.05, 0.1) is 30.7 Å². The maximum Gasteiger partial charge on any atom is 0.164 e. The van der Waals surface area contributed by atoms with Gasteiger partial charge in [0.1, 0.15) is 11.4 Å². The maximum atomic E-state index is 6.10. The molecular weight excluding hydrogens is 228 g/mol. The fourth-order valence-corrected chi connectivity index (χ4v) is 1.96.